The maximum absolute atomic E-state index is 12.2. The third-order valence-corrected chi connectivity index (χ3v) is 3.56. The molecule has 1 rings (SSSR count). The topological polar surface area (TPSA) is 80.5 Å². The predicted molar refractivity (Wildman–Crippen MR) is 68.5 cm³/mol. The summed E-state index contributed by atoms with van der Waals surface area (Å²) in [6.07, 6.45) is -4.54. The van der Waals surface area contributed by atoms with Crippen molar-refractivity contribution in [3.8, 4) is 0 Å². The Bertz CT molecular complexity index is 631. The van der Waals surface area contributed by atoms with Gasteiger partial charge in [-0.2, -0.15) is 13.2 Å². The highest BCUT2D eigenvalue weighted by atomic mass is 79.9. The number of benzene rings is 1. The zero-order valence-electron chi connectivity index (χ0n) is 10.1. The standard InChI is InChI=1S/C10H10BrF3N2O3S/c1-16(5-10(12,13)14)9(17)6-2-7(11)4-8(3-6)20(15,18)19/h2-4H,5H2,1H3,(H2,15,18,19). The summed E-state index contributed by atoms with van der Waals surface area (Å²) >= 11 is 2.97. The summed E-state index contributed by atoms with van der Waals surface area (Å²) in [6, 6.07) is 3.29. The van der Waals surface area contributed by atoms with Crippen molar-refractivity contribution in [1.82, 2.24) is 4.90 Å². The van der Waals surface area contributed by atoms with Crippen LogP contribution in [0.25, 0.3) is 0 Å². The van der Waals surface area contributed by atoms with E-state index in [4.69, 9.17) is 5.14 Å². The van der Waals surface area contributed by atoms with Gasteiger partial charge in [0.15, 0.2) is 0 Å². The summed E-state index contributed by atoms with van der Waals surface area (Å²) in [6.45, 7) is -1.44. The van der Waals surface area contributed by atoms with Gasteiger partial charge < -0.3 is 4.90 Å². The number of nitrogens with zero attached hydrogens (tertiary/aromatic N) is 1. The summed E-state index contributed by atoms with van der Waals surface area (Å²) in [7, 11) is -3.10. The molecule has 112 valence electrons. The molecule has 0 saturated heterocycles. The molecular weight excluding hydrogens is 365 g/mol. The van der Waals surface area contributed by atoms with Crippen LogP contribution in [-0.4, -0.2) is 39.0 Å². The summed E-state index contributed by atoms with van der Waals surface area (Å²) in [5.41, 5.74) is -0.213. The van der Waals surface area contributed by atoms with Crippen LogP contribution >= 0.6 is 15.9 Å². The molecule has 1 aromatic carbocycles. The predicted octanol–water partition coefficient (Wildman–Crippen LogP) is 1.73. The van der Waals surface area contributed by atoms with Gasteiger partial charge in [-0.25, -0.2) is 13.6 Å². The zero-order valence-corrected chi connectivity index (χ0v) is 12.5. The lowest BCUT2D eigenvalue weighted by atomic mass is 10.2. The molecule has 20 heavy (non-hydrogen) atoms. The average Bonchev–Trinajstić information content (AvgIpc) is 2.23. The summed E-state index contributed by atoms with van der Waals surface area (Å²) in [5.74, 6) is -0.964. The van der Waals surface area contributed by atoms with Crippen molar-refractivity contribution < 1.29 is 26.4 Å². The van der Waals surface area contributed by atoms with Gasteiger partial charge in [0.2, 0.25) is 10.0 Å². The fraction of sp³-hybridized carbons (Fsp3) is 0.300. The number of primary sulfonamides is 1. The van der Waals surface area contributed by atoms with Gasteiger partial charge in [-0.15, -0.1) is 0 Å². The van der Waals surface area contributed by atoms with E-state index in [2.05, 4.69) is 15.9 Å². The molecule has 0 saturated carbocycles. The Kier molecular flexibility index (Phi) is 4.82. The van der Waals surface area contributed by atoms with E-state index < -0.39 is 28.7 Å². The van der Waals surface area contributed by atoms with Crippen molar-refractivity contribution >= 4 is 31.9 Å². The van der Waals surface area contributed by atoms with Crippen LogP contribution in [0.15, 0.2) is 27.6 Å². The van der Waals surface area contributed by atoms with Crippen LogP contribution in [0, 0.1) is 0 Å². The highest BCUT2D eigenvalue weighted by Crippen LogP contribution is 2.21. The molecule has 0 aliphatic heterocycles. The molecule has 0 aliphatic rings. The first-order valence-electron chi connectivity index (χ1n) is 5.06. The number of carbonyl (C=O) groups excluding carboxylic acids is 1. The van der Waals surface area contributed by atoms with E-state index >= 15 is 0 Å². The van der Waals surface area contributed by atoms with E-state index in [-0.39, 0.29) is 14.9 Å². The molecule has 5 nitrogen and oxygen atoms in total. The minimum absolute atomic E-state index is 0.213. The third-order valence-electron chi connectivity index (χ3n) is 2.21. The molecule has 10 heteroatoms. The van der Waals surface area contributed by atoms with Gasteiger partial charge in [-0.05, 0) is 18.2 Å². The second kappa shape index (κ2) is 5.70. The Hall–Kier alpha value is -1.13. The lowest BCUT2D eigenvalue weighted by Crippen LogP contribution is -2.35. The third kappa shape index (κ3) is 4.76. The van der Waals surface area contributed by atoms with E-state index in [1.807, 2.05) is 0 Å². The molecule has 0 spiro atoms. The smallest absolute Gasteiger partial charge is 0.333 e. The van der Waals surface area contributed by atoms with Crippen molar-refractivity contribution in [1.29, 1.82) is 0 Å². The number of hydrogen-bond donors (Lipinski definition) is 1. The first kappa shape index (κ1) is 16.9. The number of amides is 1. The number of alkyl halides is 3. The zero-order chi connectivity index (χ0) is 15.7. The van der Waals surface area contributed by atoms with E-state index in [0.717, 1.165) is 19.2 Å². The Balaban J connectivity index is 3.14. The van der Waals surface area contributed by atoms with Crippen LogP contribution in [0.1, 0.15) is 10.4 Å². The van der Waals surface area contributed by atoms with Gasteiger partial charge in [-0.3, -0.25) is 4.79 Å². The normalized spacial score (nSPS) is 12.3. The SMILES string of the molecule is CN(CC(F)(F)F)C(=O)c1cc(Br)cc(S(N)(=O)=O)c1. The molecule has 0 aliphatic carbocycles. The van der Waals surface area contributed by atoms with Crippen LogP contribution in [0.3, 0.4) is 0 Å². The van der Waals surface area contributed by atoms with Crippen LogP contribution in [0.5, 0.6) is 0 Å². The summed E-state index contributed by atoms with van der Waals surface area (Å²) in [4.78, 5) is 11.9. The van der Waals surface area contributed by atoms with E-state index in [1.54, 1.807) is 0 Å². The fourth-order valence-electron chi connectivity index (χ4n) is 1.41. The molecule has 0 aromatic heterocycles. The lowest BCUT2D eigenvalue weighted by molar-refractivity contribution is -0.138. The largest absolute Gasteiger partial charge is 0.406 e. The minimum Gasteiger partial charge on any atom is -0.333 e. The highest BCUT2D eigenvalue weighted by Gasteiger charge is 2.31. The summed E-state index contributed by atoms with van der Waals surface area (Å²) in [5, 5.41) is 4.92. The van der Waals surface area contributed by atoms with Crippen LogP contribution in [-0.2, 0) is 10.0 Å². The van der Waals surface area contributed by atoms with Crippen molar-refractivity contribution in [2.45, 2.75) is 11.1 Å². The highest BCUT2D eigenvalue weighted by molar-refractivity contribution is 9.10. The number of halogens is 4. The van der Waals surface area contributed by atoms with Crippen molar-refractivity contribution in [2.75, 3.05) is 13.6 Å². The van der Waals surface area contributed by atoms with E-state index in [0.29, 0.717) is 4.90 Å². The Morgan fingerprint density at radius 1 is 1.35 bits per heavy atom. The average molecular weight is 375 g/mol. The number of sulfonamides is 1. The second-order valence-corrected chi connectivity index (χ2v) is 6.47. The van der Waals surface area contributed by atoms with E-state index in [9.17, 15) is 26.4 Å². The fourth-order valence-corrected chi connectivity index (χ4v) is 2.64. The van der Waals surface area contributed by atoms with Gasteiger partial charge in [-0.1, -0.05) is 15.9 Å². The quantitative estimate of drug-likeness (QED) is 0.874. The van der Waals surface area contributed by atoms with Gasteiger partial charge in [0.25, 0.3) is 5.91 Å². The number of rotatable bonds is 3. The molecule has 0 fully saturated rings. The molecule has 0 unspecified atom stereocenters. The van der Waals surface area contributed by atoms with E-state index in [1.165, 1.54) is 6.07 Å². The van der Waals surface area contributed by atoms with Crippen LogP contribution in [0.4, 0.5) is 13.2 Å². The lowest BCUT2D eigenvalue weighted by Gasteiger charge is -2.19. The van der Waals surface area contributed by atoms with Gasteiger partial charge in [0, 0.05) is 17.1 Å². The number of carbonyl (C=O) groups is 1. The summed E-state index contributed by atoms with van der Waals surface area (Å²) < 4.78 is 59.3. The maximum Gasteiger partial charge on any atom is 0.406 e. The first-order chi connectivity index (χ1) is 8.90. The minimum atomic E-state index is -4.54. The Labute approximate surface area is 121 Å². The van der Waals surface area contributed by atoms with Gasteiger partial charge >= 0.3 is 6.18 Å². The van der Waals surface area contributed by atoms with Crippen molar-refractivity contribution in [3.05, 3.63) is 28.2 Å². The molecule has 1 aromatic rings. The molecule has 0 bridgehead atoms. The molecule has 1 amide bonds. The molecule has 0 heterocycles. The monoisotopic (exact) mass is 374 g/mol. The van der Waals surface area contributed by atoms with Crippen LogP contribution in [0.2, 0.25) is 0 Å². The Morgan fingerprint density at radius 2 is 1.90 bits per heavy atom. The molecule has 0 radical (unpaired) electrons. The second-order valence-electron chi connectivity index (χ2n) is 4.00. The number of hydrogen-bond acceptors (Lipinski definition) is 3. The maximum atomic E-state index is 12.2. The van der Waals surface area contributed by atoms with Crippen molar-refractivity contribution in [3.63, 3.8) is 0 Å². The van der Waals surface area contributed by atoms with Gasteiger partial charge in [0.1, 0.15) is 6.54 Å². The molecular formula is C10H10BrF3N2O3S. The molecule has 0 atom stereocenters. The Morgan fingerprint density at radius 3 is 2.35 bits per heavy atom. The first-order valence-corrected chi connectivity index (χ1v) is 7.40. The van der Waals surface area contributed by atoms with Crippen LogP contribution < -0.4 is 5.14 Å². The number of nitrogens with two attached hydrogens (primary N) is 1. The molecule has 2 N–H and O–H groups in total. The van der Waals surface area contributed by atoms with Crippen molar-refractivity contribution in [2.24, 2.45) is 5.14 Å². The van der Waals surface area contributed by atoms with Gasteiger partial charge in [0.05, 0.1) is 4.90 Å².